The van der Waals surface area contributed by atoms with Gasteiger partial charge in [-0.1, -0.05) is 69.2 Å². The average Bonchev–Trinajstić information content (AvgIpc) is 2.45. The molecular weight excluding hydrogens is 258 g/mol. The molecule has 0 aliphatic heterocycles. The first kappa shape index (κ1) is 14.5. The van der Waals surface area contributed by atoms with Crippen molar-refractivity contribution in [2.24, 2.45) is 0 Å². The summed E-state index contributed by atoms with van der Waals surface area (Å²) < 4.78 is 0. The topological polar surface area (TPSA) is 12.9 Å². The molecule has 0 saturated heterocycles. The Hall–Kier alpha value is -1.93. The molecule has 1 heterocycles. The van der Waals surface area contributed by atoms with Crippen LogP contribution in [0, 0.1) is 0 Å². The van der Waals surface area contributed by atoms with Crippen LogP contribution in [0.3, 0.4) is 0 Å². The quantitative estimate of drug-likeness (QED) is 0.593. The van der Waals surface area contributed by atoms with Crippen LogP contribution in [0.15, 0.2) is 61.8 Å². The Morgan fingerprint density at radius 1 is 1.15 bits per heavy atom. The molecule has 2 heteroatoms. The van der Waals surface area contributed by atoms with Gasteiger partial charge in [-0.3, -0.25) is 4.98 Å². The Labute approximate surface area is 122 Å². The minimum absolute atomic E-state index is 0.865. The smallest absolute Gasteiger partial charge is 0.0804 e. The van der Waals surface area contributed by atoms with Crippen LogP contribution in [0.4, 0.5) is 0 Å². The second-order valence-electron chi connectivity index (χ2n) is 5.96. The molecule has 0 bridgehead atoms. The molecule has 0 unspecified atom stereocenters. The molecule has 0 aliphatic rings. The highest BCUT2D eigenvalue weighted by atomic mass is 28.3. The van der Waals surface area contributed by atoms with Gasteiger partial charge in [0, 0.05) is 6.20 Å². The van der Waals surface area contributed by atoms with Crippen molar-refractivity contribution in [1.82, 2.24) is 4.98 Å². The van der Waals surface area contributed by atoms with Crippen molar-refractivity contribution < 1.29 is 0 Å². The van der Waals surface area contributed by atoms with Gasteiger partial charge in [0.15, 0.2) is 0 Å². The Balaban J connectivity index is 2.67. The van der Waals surface area contributed by atoms with Gasteiger partial charge in [-0.2, -0.15) is 0 Å². The summed E-state index contributed by atoms with van der Waals surface area (Å²) in [6.45, 7) is 14.8. The number of rotatable bonds is 4. The van der Waals surface area contributed by atoms with E-state index in [1.165, 1.54) is 16.3 Å². The number of aromatic nitrogens is 1. The fourth-order valence-electron chi connectivity index (χ4n) is 2.19. The third-order valence-corrected chi connectivity index (χ3v) is 5.39. The van der Waals surface area contributed by atoms with Gasteiger partial charge in [-0.25, -0.2) is 0 Å². The van der Waals surface area contributed by atoms with Gasteiger partial charge in [-0.15, -0.1) is 0 Å². The van der Waals surface area contributed by atoms with Crippen LogP contribution >= 0.6 is 0 Å². The first-order valence-corrected chi connectivity index (χ1v) is 10.3. The fraction of sp³-hybridized carbons (Fsp3) is 0.167. The van der Waals surface area contributed by atoms with E-state index in [-0.39, 0.29) is 0 Å². The molecule has 0 radical (unpaired) electrons. The Morgan fingerprint density at radius 3 is 2.35 bits per heavy atom. The first-order valence-electron chi connectivity index (χ1n) is 6.81. The number of benzene rings is 1. The second-order valence-corrected chi connectivity index (χ2v) is 11.0. The molecule has 20 heavy (non-hydrogen) atoms. The van der Waals surface area contributed by atoms with Crippen LogP contribution in [0.5, 0.6) is 0 Å². The zero-order chi connectivity index (χ0) is 14.8. The third-order valence-electron chi connectivity index (χ3n) is 3.37. The molecule has 2 rings (SSSR count). The second kappa shape index (κ2) is 5.59. The molecule has 1 nitrogen and oxygen atoms in total. The summed E-state index contributed by atoms with van der Waals surface area (Å²) in [5, 5.41) is 1.38. The number of hydrogen-bond acceptors (Lipinski definition) is 1. The summed E-state index contributed by atoms with van der Waals surface area (Å²) in [5.41, 5.74) is 4.29. The van der Waals surface area contributed by atoms with Crippen LogP contribution < -0.4 is 5.19 Å². The number of hydrogen-bond donors (Lipinski definition) is 0. The lowest BCUT2D eigenvalue weighted by molar-refractivity contribution is 1.29. The van der Waals surface area contributed by atoms with E-state index < -0.39 is 8.07 Å². The maximum absolute atomic E-state index is 4.57. The maximum Gasteiger partial charge on any atom is 0.0804 e. The zero-order valence-corrected chi connectivity index (χ0v) is 13.5. The average molecular weight is 279 g/mol. The normalized spacial score (nSPS) is 11.2. The first-order chi connectivity index (χ1) is 9.43. The van der Waals surface area contributed by atoms with Gasteiger partial charge in [-0.05, 0) is 28.0 Å². The number of nitrogens with zero attached hydrogens (tertiary/aromatic N) is 1. The van der Waals surface area contributed by atoms with Crippen LogP contribution in [0.1, 0.15) is 5.69 Å². The number of pyridine rings is 1. The molecule has 102 valence electrons. The number of allylic oxidation sites excluding steroid dienone is 2. The summed E-state index contributed by atoms with van der Waals surface area (Å²) in [5.74, 6) is 0. The summed E-state index contributed by atoms with van der Waals surface area (Å²) in [6, 6.07) is 12.6. The van der Waals surface area contributed by atoms with Gasteiger partial charge < -0.3 is 0 Å². The summed E-state index contributed by atoms with van der Waals surface area (Å²) in [4.78, 5) is 4.57. The largest absolute Gasteiger partial charge is 0.256 e. The van der Waals surface area contributed by atoms with Gasteiger partial charge in [0.25, 0.3) is 0 Å². The Bertz CT molecular complexity index is 636. The van der Waals surface area contributed by atoms with E-state index in [0.717, 1.165) is 11.3 Å². The van der Waals surface area contributed by atoms with E-state index in [1.807, 2.05) is 12.3 Å². The minimum atomic E-state index is -1.45. The molecule has 0 amide bonds. The molecule has 0 spiro atoms. The van der Waals surface area contributed by atoms with Gasteiger partial charge >= 0.3 is 0 Å². The molecule has 0 atom stereocenters. The van der Waals surface area contributed by atoms with Crippen molar-refractivity contribution in [1.29, 1.82) is 0 Å². The van der Waals surface area contributed by atoms with E-state index in [0.29, 0.717) is 0 Å². The minimum Gasteiger partial charge on any atom is -0.256 e. The molecule has 0 fully saturated rings. The monoisotopic (exact) mass is 279 g/mol. The molecule has 0 aliphatic carbocycles. The molecular formula is C18H21NSi. The molecule has 0 N–H and O–H groups in total. The highest BCUT2D eigenvalue weighted by molar-refractivity contribution is 6.89. The Morgan fingerprint density at radius 2 is 1.80 bits per heavy atom. The maximum atomic E-state index is 4.57. The third kappa shape index (κ3) is 2.97. The highest BCUT2D eigenvalue weighted by Crippen LogP contribution is 2.23. The van der Waals surface area contributed by atoms with E-state index in [9.17, 15) is 0 Å². The van der Waals surface area contributed by atoms with E-state index in [4.69, 9.17) is 0 Å². The van der Waals surface area contributed by atoms with E-state index in [2.05, 4.69) is 68.1 Å². The van der Waals surface area contributed by atoms with Crippen molar-refractivity contribution in [3.63, 3.8) is 0 Å². The fourth-order valence-corrected chi connectivity index (χ4v) is 3.67. The van der Waals surface area contributed by atoms with Crippen molar-refractivity contribution in [2.45, 2.75) is 19.6 Å². The molecule has 0 saturated carbocycles. The van der Waals surface area contributed by atoms with Crippen molar-refractivity contribution >= 4 is 18.8 Å². The van der Waals surface area contributed by atoms with Crippen LogP contribution in [0.25, 0.3) is 16.7 Å². The molecule has 2 aromatic rings. The van der Waals surface area contributed by atoms with Crippen LogP contribution in [0.2, 0.25) is 19.6 Å². The highest BCUT2D eigenvalue weighted by Gasteiger charge is 2.22. The van der Waals surface area contributed by atoms with Crippen molar-refractivity contribution in [2.75, 3.05) is 0 Å². The predicted molar refractivity (Wildman–Crippen MR) is 91.9 cm³/mol. The zero-order valence-electron chi connectivity index (χ0n) is 12.5. The van der Waals surface area contributed by atoms with Crippen molar-refractivity contribution in [3.05, 3.63) is 67.5 Å². The summed E-state index contributed by atoms with van der Waals surface area (Å²) >= 11 is 0. The van der Waals surface area contributed by atoms with Gasteiger partial charge in [0.1, 0.15) is 0 Å². The molecule has 1 aromatic heterocycles. The van der Waals surface area contributed by atoms with E-state index >= 15 is 0 Å². The Kier molecular flexibility index (Phi) is 4.05. The predicted octanol–water partition coefficient (Wildman–Crippen LogP) is 4.49. The lowest BCUT2D eigenvalue weighted by Crippen LogP contribution is -2.39. The molecule has 1 aromatic carbocycles. The van der Waals surface area contributed by atoms with Crippen LogP contribution in [-0.2, 0) is 0 Å². The van der Waals surface area contributed by atoms with E-state index in [1.54, 1.807) is 6.08 Å². The standard InChI is InChI=1S/C18H21NSi/c1-6-14(2)17-12-16(15-10-8-7-9-11-15)18(13-19-17)20(3,4)5/h6-13H,1-2H2,3-5H3. The summed E-state index contributed by atoms with van der Waals surface area (Å²) in [7, 11) is -1.45. The van der Waals surface area contributed by atoms with Gasteiger partial charge in [0.2, 0.25) is 0 Å². The lowest BCUT2D eigenvalue weighted by Gasteiger charge is -2.21. The van der Waals surface area contributed by atoms with Crippen LogP contribution in [-0.4, -0.2) is 13.1 Å². The SMILES string of the molecule is C=CC(=C)c1cc(-c2ccccc2)c([Si](C)(C)C)cn1. The lowest BCUT2D eigenvalue weighted by atomic mass is 10.0. The van der Waals surface area contributed by atoms with Crippen molar-refractivity contribution in [3.8, 4) is 11.1 Å². The van der Waals surface area contributed by atoms with Gasteiger partial charge in [0.05, 0.1) is 13.8 Å². The summed E-state index contributed by atoms with van der Waals surface area (Å²) in [6.07, 6.45) is 3.78.